The molecule has 0 bridgehead atoms. The minimum atomic E-state index is -0.200. The summed E-state index contributed by atoms with van der Waals surface area (Å²) in [5.74, 6) is 0.163. The fourth-order valence-corrected chi connectivity index (χ4v) is 3.27. The number of amides is 1. The highest BCUT2D eigenvalue weighted by Crippen LogP contribution is 2.26. The van der Waals surface area contributed by atoms with Gasteiger partial charge in [0.2, 0.25) is 0 Å². The molecule has 3 heterocycles. The molecule has 0 saturated carbocycles. The second-order valence-electron chi connectivity index (χ2n) is 5.14. The molecule has 2 saturated heterocycles. The first-order valence-corrected chi connectivity index (χ1v) is 7.80. The Hall–Kier alpha value is -1.14. The van der Waals surface area contributed by atoms with Crippen molar-refractivity contribution in [1.82, 2.24) is 9.88 Å². The van der Waals surface area contributed by atoms with Crippen molar-refractivity contribution in [2.24, 2.45) is 0 Å². The van der Waals surface area contributed by atoms with E-state index in [1.807, 2.05) is 11.0 Å². The lowest BCUT2D eigenvalue weighted by Gasteiger charge is -2.37. The van der Waals surface area contributed by atoms with Crippen LogP contribution in [0.4, 0.5) is 5.69 Å². The molecule has 2 aliphatic heterocycles. The van der Waals surface area contributed by atoms with E-state index in [0.717, 1.165) is 55.8 Å². The summed E-state index contributed by atoms with van der Waals surface area (Å²) >= 11 is 3.53. The number of hydrogen-bond acceptors (Lipinski definition) is 4. The predicted octanol–water partition coefficient (Wildman–Crippen LogP) is 1.67. The van der Waals surface area contributed by atoms with Crippen LogP contribution in [-0.4, -0.2) is 54.7 Å². The minimum absolute atomic E-state index is 0.163. The summed E-state index contributed by atoms with van der Waals surface area (Å²) < 4.78 is 6.48. The highest BCUT2D eigenvalue weighted by atomic mass is 79.9. The van der Waals surface area contributed by atoms with Crippen molar-refractivity contribution in [2.45, 2.75) is 18.9 Å². The summed E-state index contributed by atoms with van der Waals surface area (Å²) in [6, 6.07) is 2.00. The molecule has 6 heteroatoms. The average molecular weight is 340 g/mol. The molecular formula is C14H18BrN3O2. The highest BCUT2D eigenvalue weighted by molar-refractivity contribution is 9.10. The zero-order valence-electron chi connectivity index (χ0n) is 11.3. The Bertz CT molecular complexity index is 483. The van der Waals surface area contributed by atoms with Crippen LogP contribution < -0.4 is 4.90 Å². The third kappa shape index (κ3) is 2.81. The molecule has 1 aromatic rings. The fraction of sp³-hybridized carbons (Fsp3) is 0.571. The monoisotopic (exact) mass is 339 g/mol. The first-order valence-electron chi connectivity index (χ1n) is 7.00. The number of pyridine rings is 1. The van der Waals surface area contributed by atoms with E-state index in [2.05, 4.69) is 25.8 Å². The highest BCUT2D eigenvalue weighted by Gasteiger charge is 2.30. The van der Waals surface area contributed by atoms with Gasteiger partial charge in [-0.05, 0) is 34.8 Å². The van der Waals surface area contributed by atoms with Crippen molar-refractivity contribution in [3.8, 4) is 0 Å². The third-order valence-electron chi connectivity index (χ3n) is 3.89. The van der Waals surface area contributed by atoms with Crippen LogP contribution in [-0.2, 0) is 9.53 Å². The van der Waals surface area contributed by atoms with Gasteiger partial charge >= 0.3 is 0 Å². The van der Waals surface area contributed by atoms with Crippen LogP contribution in [0, 0.1) is 0 Å². The smallest absolute Gasteiger partial charge is 0.251 e. The van der Waals surface area contributed by atoms with Gasteiger partial charge in [0.15, 0.2) is 0 Å². The number of carbonyl (C=O) groups excluding carboxylic acids is 1. The molecule has 20 heavy (non-hydrogen) atoms. The molecule has 1 atom stereocenters. The Morgan fingerprint density at radius 1 is 1.35 bits per heavy atom. The summed E-state index contributed by atoms with van der Waals surface area (Å²) in [6.07, 6.45) is 5.27. The predicted molar refractivity (Wildman–Crippen MR) is 79.7 cm³/mol. The van der Waals surface area contributed by atoms with E-state index in [9.17, 15) is 4.79 Å². The first kappa shape index (κ1) is 13.8. The van der Waals surface area contributed by atoms with E-state index in [-0.39, 0.29) is 12.0 Å². The summed E-state index contributed by atoms with van der Waals surface area (Å²) in [7, 11) is 0. The molecule has 0 radical (unpaired) electrons. The van der Waals surface area contributed by atoms with Crippen LogP contribution in [0.15, 0.2) is 22.9 Å². The van der Waals surface area contributed by atoms with Gasteiger partial charge < -0.3 is 14.5 Å². The molecule has 0 spiro atoms. The molecule has 1 amide bonds. The van der Waals surface area contributed by atoms with Gasteiger partial charge in [0.05, 0.1) is 10.2 Å². The van der Waals surface area contributed by atoms with Gasteiger partial charge in [0.1, 0.15) is 6.10 Å². The van der Waals surface area contributed by atoms with Crippen molar-refractivity contribution in [2.75, 3.05) is 37.7 Å². The molecule has 0 aliphatic carbocycles. The number of halogens is 1. The Kier molecular flexibility index (Phi) is 4.21. The van der Waals surface area contributed by atoms with Gasteiger partial charge in [-0.2, -0.15) is 0 Å². The lowest BCUT2D eigenvalue weighted by atomic mass is 10.2. The number of aromatic nitrogens is 1. The molecule has 3 rings (SSSR count). The van der Waals surface area contributed by atoms with E-state index in [1.165, 1.54) is 0 Å². The fourth-order valence-electron chi connectivity index (χ4n) is 2.77. The number of rotatable bonds is 2. The zero-order chi connectivity index (χ0) is 13.9. The van der Waals surface area contributed by atoms with E-state index in [0.29, 0.717) is 0 Å². The van der Waals surface area contributed by atoms with Crippen molar-refractivity contribution in [3.63, 3.8) is 0 Å². The molecule has 108 valence electrons. The largest absolute Gasteiger partial charge is 0.368 e. The number of carbonyl (C=O) groups is 1. The van der Waals surface area contributed by atoms with E-state index >= 15 is 0 Å². The molecule has 1 aromatic heterocycles. The lowest BCUT2D eigenvalue weighted by Crippen LogP contribution is -2.51. The number of anilines is 1. The van der Waals surface area contributed by atoms with E-state index in [1.54, 1.807) is 12.4 Å². The second kappa shape index (κ2) is 6.10. The van der Waals surface area contributed by atoms with Gasteiger partial charge in [0.25, 0.3) is 5.91 Å². The van der Waals surface area contributed by atoms with Gasteiger partial charge in [-0.1, -0.05) is 0 Å². The topological polar surface area (TPSA) is 45.7 Å². The van der Waals surface area contributed by atoms with Gasteiger partial charge in [-0.25, -0.2) is 0 Å². The summed E-state index contributed by atoms with van der Waals surface area (Å²) in [6.45, 7) is 3.93. The van der Waals surface area contributed by atoms with Gasteiger partial charge in [-0.3, -0.25) is 9.78 Å². The maximum absolute atomic E-state index is 12.3. The Morgan fingerprint density at radius 3 is 2.80 bits per heavy atom. The number of ether oxygens (including phenoxy) is 1. The van der Waals surface area contributed by atoms with Crippen LogP contribution in [0.5, 0.6) is 0 Å². The molecular weight excluding hydrogens is 322 g/mol. The molecule has 0 aromatic carbocycles. The number of piperazine rings is 1. The summed E-state index contributed by atoms with van der Waals surface area (Å²) in [4.78, 5) is 20.6. The molecule has 1 unspecified atom stereocenters. The van der Waals surface area contributed by atoms with Crippen LogP contribution in [0.25, 0.3) is 0 Å². The maximum Gasteiger partial charge on any atom is 0.251 e. The third-order valence-corrected chi connectivity index (χ3v) is 4.50. The molecule has 5 nitrogen and oxygen atoms in total. The zero-order valence-corrected chi connectivity index (χ0v) is 12.9. The minimum Gasteiger partial charge on any atom is -0.368 e. The standard InChI is InChI=1S/C14H18BrN3O2/c15-11-10-16-4-3-12(11)17-5-7-18(8-6-17)14(19)13-2-1-9-20-13/h3-4,10,13H,1-2,5-9H2. The first-order chi connectivity index (χ1) is 9.75. The van der Waals surface area contributed by atoms with Crippen molar-refractivity contribution >= 4 is 27.5 Å². The Labute approximate surface area is 127 Å². The van der Waals surface area contributed by atoms with Crippen LogP contribution in [0.1, 0.15) is 12.8 Å². The molecule has 2 fully saturated rings. The van der Waals surface area contributed by atoms with Crippen molar-refractivity contribution in [1.29, 1.82) is 0 Å². The van der Waals surface area contributed by atoms with Crippen molar-refractivity contribution < 1.29 is 9.53 Å². The van der Waals surface area contributed by atoms with Crippen molar-refractivity contribution in [3.05, 3.63) is 22.9 Å². The lowest BCUT2D eigenvalue weighted by molar-refractivity contribution is -0.141. The quantitative estimate of drug-likeness (QED) is 0.822. The summed E-state index contributed by atoms with van der Waals surface area (Å²) in [5.41, 5.74) is 1.14. The summed E-state index contributed by atoms with van der Waals surface area (Å²) in [5, 5.41) is 0. The Balaban J connectivity index is 1.59. The van der Waals surface area contributed by atoms with Crippen LogP contribution in [0.2, 0.25) is 0 Å². The Morgan fingerprint density at radius 2 is 2.15 bits per heavy atom. The normalized spacial score (nSPS) is 23.1. The van der Waals surface area contributed by atoms with Crippen LogP contribution in [0.3, 0.4) is 0 Å². The number of nitrogens with zero attached hydrogens (tertiary/aromatic N) is 3. The van der Waals surface area contributed by atoms with Gasteiger partial charge in [-0.15, -0.1) is 0 Å². The molecule has 0 N–H and O–H groups in total. The second-order valence-corrected chi connectivity index (χ2v) is 6.00. The average Bonchev–Trinajstić information content (AvgIpc) is 3.01. The van der Waals surface area contributed by atoms with Gasteiger partial charge in [0, 0.05) is 45.2 Å². The molecule has 2 aliphatic rings. The maximum atomic E-state index is 12.3. The number of hydrogen-bond donors (Lipinski definition) is 0. The SMILES string of the molecule is O=C(C1CCCO1)N1CCN(c2ccncc2Br)CC1. The van der Waals surface area contributed by atoms with E-state index in [4.69, 9.17) is 4.74 Å². The van der Waals surface area contributed by atoms with E-state index < -0.39 is 0 Å². The van der Waals surface area contributed by atoms with Crippen LogP contribution >= 0.6 is 15.9 Å².